The van der Waals surface area contributed by atoms with Crippen molar-refractivity contribution in [2.45, 2.75) is 0 Å². The number of non-ortho nitro benzene ring substituents is 1. The summed E-state index contributed by atoms with van der Waals surface area (Å²) in [5, 5.41) is 19.5. The summed E-state index contributed by atoms with van der Waals surface area (Å²) in [6.07, 6.45) is 0. The van der Waals surface area contributed by atoms with Crippen molar-refractivity contribution in [3.63, 3.8) is 0 Å². The van der Waals surface area contributed by atoms with E-state index in [1.54, 1.807) is 0 Å². The number of rotatable bonds is 4. The Morgan fingerprint density at radius 1 is 1.29 bits per heavy atom. The van der Waals surface area contributed by atoms with E-state index in [1.165, 1.54) is 18.2 Å². The van der Waals surface area contributed by atoms with Gasteiger partial charge in [0.25, 0.3) is 5.69 Å². The number of nitrogens with zero attached hydrogens (tertiary/aromatic N) is 1. The van der Waals surface area contributed by atoms with Crippen molar-refractivity contribution >= 4 is 23.3 Å². The molecular weight excluding hydrogens is 305 g/mol. The Morgan fingerprint density at radius 2 is 2.00 bits per heavy atom. The zero-order valence-electron chi connectivity index (χ0n) is 10.2. The molecule has 1 N–H and O–H groups in total. The van der Waals surface area contributed by atoms with E-state index in [9.17, 15) is 19.3 Å². The first kappa shape index (κ1) is 14.7. The van der Waals surface area contributed by atoms with E-state index in [0.29, 0.717) is 0 Å². The van der Waals surface area contributed by atoms with Gasteiger partial charge in [0.05, 0.1) is 16.0 Å². The number of carboxylic acid groups (broad SMARTS) is 1. The van der Waals surface area contributed by atoms with Crippen molar-refractivity contribution in [2.24, 2.45) is 0 Å². The Kier molecular flexibility index (Phi) is 4.04. The molecule has 0 saturated heterocycles. The summed E-state index contributed by atoms with van der Waals surface area (Å²) < 4.78 is 18.9. The molecule has 2 aromatic carbocycles. The molecule has 2 aromatic rings. The van der Waals surface area contributed by atoms with Crippen LogP contribution in [0.3, 0.4) is 0 Å². The molecule has 0 spiro atoms. The first-order chi connectivity index (χ1) is 9.90. The van der Waals surface area contributed by atoms with Crippen LogP contribution in [0.1, 0.15) is 10.4 Å². The number of nitro benzene ring substituents is 1. The molecule has 0 saturated carbocycles. The molecule has 0 bridgehead atoms. The van der Waals surface area contributed by atoms with E-state index in [1.807, 2.05) is 0 Å². The minimum atomic E-state index is -1.36. The van der Waals surface area contributed by atoms with Gasteiger partial charge in [-0.05, 0) is 18.2 Å². The number of benzene rings is 2. The molecule has 0 fully saturated rings. The van der Waals surface area contributed by atoms with Gasteiger partial charge in [0.2, 0.25) is 0 Å². The van der Waals surface area contributed by atoms with Gasteiger partial charge in [0, 0.05) is 6.07 Å². The van der Waals surface area contributed by atoms with Crippen LogP contribution in [0.15, 0.2) is 36.4 Å². The Bertz CT molecular complexity index is 734. The lowest BCUT2D eigenvalue weighted by Gasteiger charge is -2.09. The molecule has 0 aliphatic rings. The Hall–Kier alpha value is -2.67. The summed E-state index contributed by atoms with van der Waals surface area (Å²) in [6, 6.07) is 6.85. The van der Waals surface area contributed by atoms with Gasteiger partial charge in [0.1, 0.15) is 11.3 Å². The summed E-state index contributed by atoms with van der Waals surface area (Å²) in [5.41, 5.74) is -0.711. The minimum Gasteiger partial charge on any atom is -0.478 e. The monoisotopic (exact) mass is 311 g/mol. The zero-order chi connectivity index (χ0) is 15.6. The maximum atomic E-state index is 13.7. The highest BCUT2D eigenvalue weighted by atomic mass is 35.5. The molecule has 8 heteroatoms. The standard InChI is InChI=1S/C13H7ClFNO5/c14-9-2-1-3-10(12(9)15)21-11-6-7(16(19)20)4-5-8(11)13(17)18/h1-6H,(H,17,18). The van der Waals surface area contributed by atoms with Gasteiger partial charge >= 0.3 is 5.97 Å². The van der Waals surface area contributed by atoms with Gasteiger partial charge < -0.3 is 9.84 Å². The van der Waals surface area contributed by atoms with E-state index >= 15 is 0 Å². The number of hydrogen-bond donors (Lipinski definition) is 1. The fraction of sp³-hybridized carbons (Fsp3) is 0. The lowest BCUT2D eigenvalue weighted by molar-refractivity contribution is -0.384. The summed E-state index contributed by atoms with van der Waals surface area (Å²) in [7, 11) is 0. The van der Waals surface area contributed by atoms with Crippen molar-refractivity contribution in [3.8, 4) is 11.5 Å². The molecule has 0 radical (unpaired) electrons. The lowest BCUT2D eigenvalue weighted by Crippen LogP contribution is -2.02. The van der Waals surface area contributed by atoms with Crippen LogP contribution in [-0.4, -0.2) is 16.0 Å². The number of ether oxygens (including phenoxy) is 1. The first-order valence-corrected chi connectivity index (χ1v) is 5.91. The van der Waals surface area contributed by atoms with Crippen LogP contribution in [-0.2, 0) is 0 Å². The molecule has 0 aromatic heterocycles. The number of nitro groups is 1. The van der Waals surface area contributed by atoms with Crippen LogP contribution in [0.2, 0.25) is 5.02 Å². The number of carboxylic acids is 1. The van der Waals surface area contributed by atoms with Gasteiger partial charge in [-0.3, -0.25) is 10.1 Å². The van der Waals surface area contributed by atoms with Crippen molar-refractivity contribution in [1.29, 1.82) is 0 Å². The lowest BCUT2D eigenvalue weighted by atomic mass is 10.2. The minimum absolute atomic E-state index is 0.213. The van der Waals surface area contributed by atoms with Crippen molar-refractivity contribution in [2.75, 3.05) is 0 Å². The highest BCUT2D eigenvalue weighted by molar-refractivity contribution is 6.30. The largest absolute Gasteiger partial charge is 0.478 e. The average molecular weight is 312 g/mol. The van der Waals surface area contributed by atoms with Crippen molar-refractivity contribution < 1.29 is 24.0 Å². The second kappa shape index (κ2) is 5.76. The second-order valence-corrected chi connectivity index (χ2v) is 4.30. The highest BCUT2D eigenvalue weighted by Gasteiger charge is 2.19. The maximum absolute atomic E-state index is 13.7. The van der Waals surface area contributed by atoms with E-state index in [-0.39, 0.29) is 27.8 Å². The summed E-state index contributed by atoms with van der Waals surface area (Å²) >= 11 is 5.58. The normalized spacial score (nSPS) is 10.2. The molecule has 0 heterocycles. The quantitative estimate of drug-likeness (QED) is 0.683. The van der Waals surface area contributed by atoms with E-state index in [4.69, 9.17) is 21.4 Å². The molecule has 21 heavy (non-hydrogen) atoms. The van der Waals surface area contributed by atoms with Gasteiger partial charge in [-0.25, -0.2) is 9.18 Å². The molecule has 0 amide bonds. The maximum Gasteiger partial charge on any atom is 0.339 e. The molecule has 2 rings (SSSR count). The van der Waals surface area contributed by atoms with Crippen LogP contribution in [0.4, 0.5) is 10.1 Å². The van der Waals surface area contributed by atoms with Gasteiger partial charge in [-0.15, -0.1) is 0 Å². The van der Waals surface area contributed by atoms with Crippen LogP contribution >= 0.6 is 11.6 Å². The van der Waals surface area contributed by atoms with Crippen molar-refractivity contribution in [3.05, 3.63) is 62.9 Å². The number of aromatic carboxylic acids is 1. The topological polar surface area (TPSA) is 89.7 Å². The predicted octanol–water partition coefficient (Wildman–Crippen LogP) is 3.88. The molecule has 0 unspecified atom stereocenters. The van der Waals surface area contributed by atoms with Gasteiger partial charge in [-0.2, -0.15) is 0 Å². The zero-order valence-corrected chi connectivity index (χ0v) is 11.0. The van der Waals surface area contributed by atoms with E-state index < -0.39 is 16.7 Å². The van der Waals surface area contributed by atoms with Crippen molar-refractivity contribution in [1.82, 2.24) is 0 Å². The number of hydrogen-bond acceptors (Lipinski definition) is 4. The average Bonchev–Trinajstić information content (AvgIpc) is 2.43. The van der Waals surface area contributed by atoms with Crippen LogP contribution in [0.25, 0.3) is 0 Å². The third kappa shape index (κ3) is 3.09. The van der Waals surface area contributed by atoms with Crippen LogP contribution in [0, 0.1) is 15.9 Å². The Balaban J connectivity index is 2.51. The fourth-order valence-electron chi connectivity index (χ4n) is 1.57. The van der Waals surface area contributed by atoms with Crippen LogP contribution < -0.4 is 4.74 Å². The second-order valence-electron chi connectivity index (χ2n) is 3.90. The molecule has 0 aliphatic carbocycles. The first-order valence-electron chi connectivity index (χ1n) is 5.53. The summed E-state index contributed by atoms with van der Waals surface area (Å²) in [4.78, 5) is 21.1. The number of carbonyl (C=O) groups is 1. The number of halogens is 2. The predicted molar refractivity (Wildman–Crippen MR) is 71.5 cm³/mol. The van der Waals surface area contributed by atoms with E-state index in [2.05, 4.69) is 0 Å². The molecule has 0 atom stereocenters. The molecule has 6 nitrogen and oxygen atoms in total. The molecule has 108 valence electrons. The SMILES string of the molecule is O=C(O)c1ccc([N+](=O)[O-])cc1Oc1cccc(Cl)c1F. The summed E-state index contributed by atoms with van der Waals surface area (Å²) in [5.74, 6) is -2.92. The summed E-state index contributed by atoms with van der Waals surface area (Å²) in [6.45, 7) is 0. The van der Waals surface area contributed by atoms with E-state index in [0.717, 1.165) is 18.2 Å². The van der Waals surface area contributed by atoms with Gasteiger partial charge in [0.15, 0.2) is 11.6 Å². The third-order valence-corrected chi connectivity index (χ3v) is 2.83. The van der Waals surface area contributed by atoms with Gasteiger partial charge in [-0.1, -0.05) is 17.7 Å². The third-order valence-electron chi connectivity index (χ3n) is 2.54. The van der Waals surface area contributed by atoms with Crippen LogP contribution in [0.5, 0.6) is 11.5 Å². The Labute approximate surface area is 122 Å². The fourth-order valence-corrected chi connectivity index (χ4v) is 1.73. The molecular formula is C13H7ClFNO5. The Morgan fingerprint density at radius 3 is 2.62 bits per heavy atom. The smallest absolute Gasteiger partial charge is 0.339 e. The highest BCUT2D eigenvalue weighted by Crippen LogP contribution is 2.32. The molecule has 0 aliphatic heterocycles.